The van der Waals surface area contributed by atoms with Crippen molar-refractivity contribution in [2.45, 2.75) is 127 Å². The maximum Gasteiger partial charge on any atom is 0.252 e. The molecule has 3 atom stereocenters. The number of anilines is 6. The van der Waals surface area contributed by atoms with Gasteiger partial charge in [-0.05, 0) is 188 Å². The Balaban J connectivity index is 1.08. The molecule has 2 heterocycles. The standard InChI is InChI=1S/C96H93BN2/c1-92(2,3)70-47-67-41-42-68-48-71(93(4,5)6)57-80-75(50-69(49-70)87(67)88(68)80)66-44-46-82-84(52-66)99(91-78(63-37-27-19-28-38-63)55-73(95(10,11)12)56-79(91)64-39-29-20-30-40-64)86-59-74(96(13,14)15)58-85-89(86)97(82)81-45-43-65(60-31-21-16-22-32-60)51-83(81)98(85)90-76(61-33-23-17-24-34-61)53-72(94(7,8)9)54-77(90)62-35-25-18-26-36-62/h16-47,49-59,68,87-88H,48H2,1-15H3. The minimum absolute atomic E-state index is 0.00358. The largest absolute Gasteiger partial charge is 0.310 e. The van der Waals surface area contributed by atoms with Gasteiger partial charge in [0.1, 0.15) is 0 Å². The predicted molar refractivity (Wildman–Crippen MR) is 426 cm³/mol. The summed E-state index contributed by atoms with van der Waals surface area (Å²) in [4.78, 5) is 5.52. The molecule has 10 aromatic carbocycles. The van der Waals surface area contributed by atoms with Crippen LogP contribution in [0.5, 0.6) is 0 Å². The highest BCUT2D eigenvalue weighted by Crippen LogP contribution is 2.60. The average Bonchev–Trinajstić information content (AvgIpc) is 0.688. The number of hydrogen-bond acceptors (Lipinski definition) is 2. The van der Waals surface area contributed by atoms with Crippen LogP contribution in [0.15, 0.2) is 289 Å². The Morgan fingerprint density at radius 3 is 1.16 bits per heavy atom. The summed E-state index contributed by atoms with van der Waals surface area (Å²) < 4.78 is 0. The Labute approximate surface area is 590 Å². The van der Waals surface area contributed by atoms with E-state index in [-0.39, 0.29) is 33.8 Å². The minimum Gasteiger partial charge on any atom is -0.310 e. The van der Waals surface area contributed by atoms with E-state index in [1.54, 1.807) is 0 Å². The average molecular weight is 1290 g/mol. The van der Waals surface area contributed by atoms with E-state index in [0.717, 1.165) is 6.42 Å². The third-order valence-corrected chi connectivity index (χ3v) is 22.4. The van der Waals surface area contributed by atoms with E-state index in [2.05, 4.69) is 375 Å². The molecule has 490 valence electrons. The van der Waals surface area contributed by atoms with Crippen molar-refractivity contribution in [2.75, 3.05) is 9.80 Å². The number of benzene rings is 10. The van der Waals surface area contributed by atoms with Gasteiger partial charge in [0.25, 0.3) is 6.71 Å². The van der Waals surface area contributed by atoms with E-state index >= 15 is 0 Å². The zero-order chi connectivity index (χ0) is 68.8. The molecule has 0 bridgehead atoms. The Morgan fingerprint density at radius 1 is 0.343 bits per heavy atom. The summed E-state index contributed by atoms with van der Waals surface area (Å²) >= 11 is 0. The molecule has 2 aliphatic heterocycles. The highest BCUT2D eigenvalue weighted by atomic mass is 15.2. The van der Waals surface area contributed by atoms with Gasteiger partial charge >= 0.3 is 0 Å². The molecule has 99 heavy (non-hydrogen) atoms. The van der Waals surface area contributed by atoms with Crippen LogP contribution in [0.4, 0.5) is 34.1 Å². The molecule has 0 amide bonds. The van der Waals surface area contributed by atoms with Gasteiger partial charge in [0.2, 0.25) is 0 Å². The fraction of sp³-hybridized carbons (Fsp3) is 0.250. The summed E-state index contributed by atoms with van der Waals surface area (Å²) in [6, 6.07) is 86.6. The maximum absolute atomic E-state index is 2.79. The first-order valence-electron chi connectivity index (χ1n) is 36.3. The van der Waals surface area contributed by atoms with E-state index in [0.29, 0.717) is 17.8 Å². The maximum atomic E-state index is 2.79. The van der Waals surface area contributed by atoms with E-state index in [9.17, 15) is 0 Å². The van der Waals surface area contributed by atoms with Crippen LogP contribution in [-0.2, 0) is 16.2 Å². The summed E-state index contributed by atoms with van der Waals surface area (Å²) in [7, 11) is 0. The number of nitrogens with zero attached hydrogens (tertiary/aromatic N) is 2. The predicted octanol–water partition coefficient (Wildman–Crippen LogP) is 24.4. The lowest BCUT2D eigenvalue weighted by atomic mass is 9.33. The molecule has 6 aliphatic rings. The lowest BCUT2D eigenvalue weighted by Crippen LogP contribution is -2.61. The van der Waals surface area contributed by atoms with Gasteiger partial charge < -0.3 is 9.80 Å². The lowest BCUT2D eigenvalue weighted by Gasteiger charge is -2.48. The van der Waals surface area contributed by atoms with Crippen LogP contribution in [0.25, 0.3) is 61.2 Å². The quantitative estimate of drug-likeness (QED) is 0.140. The van der Waals surface area contributed by atoms with Crippen LogP contribution >= 0.6 is 0 Å². The molecule has 10 aromatic rings. The van der Waals surface area contributed by atoms with Crippen molar-refractivity contribution in [3.05, 3.63) is 311 Å². The molecule has 0 aromatic heterocycles. The molecule has 0 radical (unpaired) electrons. The van der Waals surface area contributed by atoms with E-state index in [1.165, 1.54) is 162 Å². The first-order chi connectivity index (χ1) is 47.3. The van der Waals surface area contributed by atoms with E-state index in [1.807, 2.05) is 0 Å². The van der Waals surface area contributed by atoms with Gasteiger partial charge in [-0.15, -0.1) is 0 Å². The SMILES string of the molecule is CC(C)(C)C1=CC2=CC(c3ccc4c(c3)N(c3c(-c5ccccc5)cc(C(C)(C)C)cc3-c3ccccc3)c3cc(C(C)(C)C)cc5c3B4c3ccc(-c4ccccc4)cc3N5c3c(-c4ccccc4)cc(C(C)(C)C)cc3-c3ccccc3)=C3C=C(C(C)(C)C)CC4C=CC(=C1)C2C34. The molecule has 0 saturated heterocycles. The van der Waals surface area contributed by atoms with Gasteiger partial charge in [-0.2, -0.15) is 0 Å². The van der Waals surface area contributed by atoms with Crippen LogP contribution in [-0.4, -0.2) is 6.71 Å². The van der Waals surface area contributed by atoms with Crippen molar-refractivity contribution in [3.63, 3.8) is 0 Å². The Hall–Kier alpha value is -9.70. The second kappa shape index (κ2) is 23.5. The van der Waals surface area contributed by atoms with Crippen molar-refractivity contribution in [1.82, 2.24) is 0 Å². The van der Waals surface area contributed by atoms with Gasteiger partial charge in [0.15, 0.2) is 0 Å². The van der Waals surface area contributed by atoms with E-state index in [4.69, 9.17) is 0 Å². The smallest absolute Gasteiger partial charge is 0.252 e. The van der Waals surface area contributed by atoms with Crippen LogP contribution in [0.2, 0.25) is 0 Å². The molecular weight excluding hydrogens is 1190 g/mol. The van der Waals surface area contributed by atoms with Crippen LogP contribution in [0, 0.1) is 28.6 Å². The zero-order valence-corrected chi connectivity index (χ0v) is 60.7. The van der Waals surface area contributed by atoms with Crippen molar-refractivity contribution in [3.8, 4) is 55.6 Å². The molecule has 0 spiro atoms. The summed E-state index contributed by atoms with van der Waals surface area (Å²) in [5, 5.41) is 0. The first kappa shape index (κ1) is 64.0. The van der Waals surface area contributed by atoms with Crippen LogP contribution in [0.3, 0.4) is 0 Å². The number of fused-ring (bicyclic) bond motifs is 4. The molecule has 3 unspecified atom stereocenters. The molecular formula is C96H93BN2. The molecule has 0 N–H and O–H groups in total. The number of allylic oxidation sites excluding steroid dienone is 12. The van der Waals surface area contributed by atoms with Gasteiger partial charge in [-0.25, -0.2) is 0 Å². The summed E-state index contributed by atoms with van der Waals surface area (Å²) in [6.07, 6.45) is 16.6. The van der Waals surface area contributed by atoms with Gasteiger partial charge in [-0.3, -0.25) is 0 Å². The molecule has 3 heteroatoms. The lowest BCUT2D eigenvalue weighted by molar-refractivity contribution is 0.329. The zero-order valence-electron chi connectivity index (χ0n) is 60.7. The number of rotatable bonds is 8. The van der Waals surface area contributed by atoms with Crippen LogP contribution < -0.4 is 26.2 Å². The fourth-order valence-corrected chi connectivity index (χ4v) is 16.8. The molecule has 4 aliphatic carbocycles. The van der Waals surface area contributed by atoms with Crippen molar-refractivity contribution >= 4 is 62.8 Å². The summed E-state index contributed by atoms with van der Waals surface area (Å²) in [5.74, 6) is 1.01. The molecule has 0 fully saturated rings. The second-order valence-electron chi connectivity index (χ2n) is 34.2. The van der Waals surface area contributed by atoms with Crippen molar-refractivity contribution < 1.29 is 0 Å². The third-order valence-electron chi connectivity index (χ3n) is 22.4. The highest BCUT2D eigenvalue weighted by Gasteiger charge is 2.49. The Morgan fingerprint density at radius 2 is 0.747 bits per heavy atom. The molecule has 16 rings (SSSR count). The van der Waals surface area contributed by atoms with Gasteiger partial charge in [-0.1, -0.05) is 322 Å². The van der Waals surface area contributed by atoms with Crippen LogP contribution in [0.1, 0.15) is 133 Å². The normalized spacial score (nSPS) is 17.8. The first-order valence-corrected chi connectivity index (χ1v) is 36.3. The Kier molecular flexibility index (Phi) is 15.2. The third kappa shape index (κ3) is 11.1. The van der Waals surface area contributed by atoms with Crippen molar-refractivity contribution in [1.29, 1.82) is 0 Å². The second-order valence-corrected chi connectivity index (χ2v) is 34.2. The summed E-state index contributed by atoms with van der Waals surface area (Å²) in [6.45, 7) is 35.7. The Bertz CT molecular complexity index is 4970. The van der Waals surface area contributed by atoms with Gasteiger partial charge in [0, 0.05) is 56.8 Å². The van der Waals surface area contributed by atoms with Crippen molar-refractivity contribution in [2.24, 2.45) is 28.6 Å². The minimum atomic E-state index is -0.291. The van der Waals surface area contributed by atoms with E-state index < -0.39 is 0 Å². The molecule has 0 saturated carbocycles. The monoisotopic (exact) mass is 1280 g/mol. The topological polar surface area (TPSA) is 6.48 Å². The van der Waals surface area contributed by atoms with Gasteiger partial charge in [0.05, 0.1) is 11.4 Å². The number of hydrogen-bond donors (Lipinski definition) is 0. The fourth-order valence-electron chi connectivity index (χ4n) is 16.8. The summed E-state index contributed by atoms with van der Waals surface area (Å²) in [5.41, 5.74) is 36.0. The highest BCUT2D eigenvalue weighted by molar-refractivity contribution is 7.00. The molecule has 2 nitrogen and oxygen atoms in total.